The SMILES string of the molecule is Cc1cccnc1C(=O)Nc1cnc(OCC(F)(F)F)c(-c2ccc(Cl)cc2)c1. The number of hydrogen-bond donors (Lipinski definition) is 1. The fourth-order valence-electron chi connectivity index (χ4n) is 2.54. The first-order valence-corrected chi connectivity index (χ1v) is 8.79. The molecule has 1 aromatic carbocycles. The van der Waals surface area contributed by atoms with Crippen molar-refractivity contribution in [2.24, 2.45) is 0 Å². The zero-order valence-electron chi connectivity index (χ0n) is 15.1. The third-order valence-electron chi connectivity index (χ3n) is 3.86. The van der Waals surface area contributed by atoms with Crippen LogP contribution >= 0.6 is 11.6 Å². The van der Waals surface area contributed by atoms with Crippen LogP contribution in [0, 0.1) is 6.92 Å². The summed E-state index contributed by atoms with van der Waals surface area (Å²) >= 11 is 5.88. The van der Waals surface area contributed by atoms with E-state index in [1.54, 1.807) is 43.3 Å². The smallest absolute Gasteiger partial charge is 0.422 e. The van der Waals surface area contributed by atoms with Crippen LogP contribution in [0.1, 0.15) is 16.1 Å². The summed E-state index contributed by atoms with van der Waals surface area (Å²) in [6.07, 6.45) is -1.79. The quantitative estimate of drug-likeness (QED) is 0.607. The zero-order valence-corrected chi connectivity index (χ0v) is 15.9. The summed E-state index contributed by atoms with van der Waals surface area (Å²) in [5.74, 6) is -0.674. The van der Waals surface area contributed by atoms with Gasteiger partial charge in [-0.05, 0) is 42.3 Å². The van der Waals surface area contributed by atoms with Gasteiger partial charge in [0.15, 0.2) is 6.61 Å². The van der Waals surface area contributed by atoms with Crippen LogP contribution in [0.15, 0.2) is 54.9 Å². The summed E-state index contributed by atoms with van der Waals surface area (Å²) in [6, 6.07) is 11.4. The zero-order chi connectivity index (χ0) is 21.0. The third-order valence-corrected chi connectivity index (χ3v) is 4.11. The lowest BCUT2D eigenvalue weighted by molar-refractivity contribution is -0.154. The molecule has 29 heavy (non-hydrogen) atoms. The largest absolute Gasteiger partial charge is 0.468 e. The molecule has 150 valence electrons. The first-order chi connectivity index (χ1) is 13.7. The van der Waals surface area contributed by atoms with E-state index in [1.165, 1.54) is 18.5 Å². The molecule has 2 heterocycles. The molecule has 0 saturated heterocycles. The average molecular weight is 422 g/mol. The van der Waals surface area contributed by atoms with Gasteiger partial charge in [0, 0.05) is 16.8 Å². The molecule has 9 heteroatoms. The summed E-state index contributed by atoms with van der Waals surface area (Å²) in [4.78, 5) is 20.5. The van der Waals surface area contributed by atoms with Gasteiger partial charge in [-0.3, -0.25) is 9.78 Å². The number of rotatable bonds is 5. The van der Waals surface area contributed by atoms with Gasteiger partial charge in [0.25, 0.3) is 5.91 Å². The number of pyridine rings is 2. The molecule has 0 aliphatic rings. The van der Waals surface area contributed by atoms with Gasteiger partial charge >= 0.3 is 6.18 Å². The van der Waals surface area contributed by atoms with Gasteiger partial charge in [0.2, 0.25) is 5.88 Å². The van der Waals surface area contributed by atoms with Crippen molar-refractivity contribution in [2.45, 2.75) is 13.1 Å². The number of nitrogens with zero attached hydrogens (tertiary/aromatic N) is 2. The Morgan fingerprint density at radius 1 is 1.17 bits per heavy atom. The monoisotopic (exact) mass is 421 g/mol. The van der Waals surface area contributed by atoms with Crippen molar-refractivity contribution in [2.75, 3.05) is 11.9 Å². The van der Waals surface area contributed by atoms with Crippen molar-refractivity contribution >= 4 is 23.2 Å². The molecule has 0 saturated carbocycles. The Hall–Kier alpha value is -3.13. The van der Waals surface area contributed by atoms with Gasteiger partial charge in [-0.25, -0.2) is 4.98 Å². The number of nitrogens with one attached hydrogen (secondary N) is 1. The number of ether oxygens (including phenoxy) is 1. The van der Waals surface area contributed by atoms with E-state index in [0.29, 0.717) is 16.1 Å². The third kappa shape index (κ3) is 5.45. The van der Waals surface area contributed by atoms with E-state index in [4.69, 9.17) is 16.3 Å². The lowest BCUT2D eigenvalue weighted by Gasteiger charge is -2.14. The van der Waals surface area contributed by atoms with E-state index in [0.717, 1.165) is 0 Å². The van der Waals surface area contributed by atoms with Crippen molar-refractivity contribution in [3.05, 3.63) is 71.1 Å². The van der Waals surface area contributed by atoms with Crippen molar-refractivity contribution in [1.82, 2.24) is 9.97 Å². The van der Waals surface area contributed by atoms with Crippen molar-refractivity contribution in [3.8, 4) is 17.0 Å². The number of alkyl halides is 3. The van der Waals surface area contributed by atoms with Gasteiger partial charge in [-0.2, -0.15) is 13.2 Å². The van der Waals surface area contributed by atoms with E-state index in [-0.39, 0.29) is 22.8 Å². The second-order valence-corrected chi connectivity index (χ2v) is 6.55. The van der Waals surface area contributed by atoms with Crippen LogP contribution < -0.4 is 10.1 Å². The van der Waals surface area contributed by atoms with E-state index in [2.05, 4.69) is 15.3 Å². The van der Waals surface area contributed by atoms with Gasteiger partial charge in [-0.1, -0.05) is 29.8 Å². The van der Waals surface area contributed by atoms with Crippen LogP contribution in [-0.2, 0) is 0 Å². The molecule has 0 unspecified atom stereocenters. The highest BCUT2D eigenvalue weighted by atomic mass is 35.5. The molecule has 5 nitrogen and oxygen atoms in total. The molecule has 3 aromatic rings. The number of aryl methyl sites for hydroxylation is 1. The molecule has 0 fully saturated rings. The number of halogens is 4. The maximum absolute atomic E-state index is 12.6. The lowest BCUT2D eigenvalue weighted by Crippen LogP contribution is -2.20. The Bertz CT molecular complexity index is 1020. The first kappa shape index (κ1) is 20.6. The molecule has 0 atom stereocenters. The van der Waals surface area contributed by atoms with Crippen LogP contribution in [-0.4, -0.2) is 28.7 Å². The number of amides is 1. The van der Waals surface area contributed by atoms with Gasteiger partial charge in [-0.15, -0.1) is 0 Å². The van der Waals surface area contributed by atoms with Crippen LogP contribution in [0.4, 0.5) is 18.9 Å². The highest BCUT2D eigenvalue weighted by Crippen LogP contribution is 2.32. The van der Waals surface area contributed by atoms with E-state index in [1.807, 2.05) is 0 Å². The highest BCUT2D eigenvalue weighted by molar-refractivity contribution is 6.30. The van der Waals surface area contributed by atoms with Gasteiger partial charge in [0.1, 0.15) is 5.69 Å². The molecular formula is C20H15ClF3N3O2. The number of carbonyl (C=O) groups excluding carboxylic acids is 1. The minimum absolute atomic E-state index is 0.211. The molecule has 0 aliphatic carbocycles. The van der Waals surface area contributed by atoms with Crippen LogP contribution in [0.3, 0.4) is 0 Å². The summed E-state index contributed by atoms with van der Waals surface area (Å²) in [7, 11) is 0. The topological polar surface area (TPSA) is 64.1 Å². The Morgan fingerprint density at radius 2 is 1.90 bits per heavy atom. The molecule has 1 amide bonds. The lowest BCUT2D eigenvalue weighted by atomic mass is 10.1. The molecule has 0 radical (unpaired) electrons. The van der Waals surface area contributed by atoms with Crippen molar-refractivity contribution in [1.29, 1.82) is 0 Å². The summed E-state index contributed by atoms with van der Waals surface area (Å²) in [6.45, 7) is 0.257. The van der Waals surface area contributed by atoms with Crippen molar-refractivity contribution < 1.29 is 22.7 Å². The molecule has 3 rings (SSSR count). The fraction of sp³-hybridized carbons (Fsp3) is 0.150. The first-order valence-electron chi connectivity index (χ1n) is 8.41. The van der Waals surface area contributed by atoms with Crippen LogP contribution in [0.2, 0.25) is 5.02 Å². The maximum atomic E-state index is 12.6. The number of hydrogen-bond acceptors (Lipinski definition) is 4. The molecule has 0 spiro atoms. The molecule has 0 bridgehead atoms. The minimum Gasteiger partial charge on any atom is -0.468 e. The van der Waals surface area contributed by atoms with Gasteiger partial charge in [0.05, 0.1) is 11.9 Å². The van der Waals surface area contributed by atoms with E-state index in [9.17, 15) is 18.0 Å². The molecular weight excluding hydrogens is 407 g/mol. The minimum atomic E-state index is -4.51. The summed E-state index contributed by atoms with van der Waals surface area (Å²) in [5, 5.41) is 3.12. The second kappa shape index (κ2) is 8.48. The fourth-order valence-corrected chi connectivity index (χ4v) is 2.66. The number of benzene rings is 1. The van der Waals surface area contributed by atoms with E-state index < -0.39 is 18.7 Å². The molecule has 0 aliphatic heterocycles. The average Bonchev–Trinajstić information content (AvgIpc) is 2.67. The van der Waals surface area contributed by atoms with E-state index >= 15 is 0 Å². The molecule has 2 aromatic heterocycles. The Labute approximate surface area is 169 Å². The highest BCUT2D eigenvalue weighted by Gasteiger charge is 2.29. The number of carbonyl (C=O) groups is 1. The number of anilines is 1. The van der Waals surface area contributed by atoms with Crippen LogP contribution in [0.25, 0.3) is 11.1 Å². The second-order valence-electron chi connectivity index (χ2n) is 6.11. The predicted octanol–water partition coefficient (Wildman–Crippen LogP) is 5.30. The molecule has 1 N–H and O–H groups in total. The maximum Gasteiger partial charge on any atom is 0.422 e. The summed E-state index contributed by atoms with van der Waals surface area (Å²) in [5.41, 5.74) is 2.01. The Morgan fingerprint density at radius 3 is 2.55 bits per heavy atom. The summed E-state index contributed by atoms with van der Waals surface area (Å²) < 4.78 is 42.6. The normalized spacial score (nSPS) is 11.2. The van der Waals surface area contributed by atoms with Crippen molar-refractivity contribution in [3.63, 3.8) is 0 Å². The standard InChI is InChI=1S/C20H15ClF3N3O2/c1-12-3-2-8-25-17(12)18(28)27-15-9-16(13-4-6-14(21)7-5-13)19(26-10-15)29-11-20(22,23)24/h2-10H,11H2,1H3,(H,27,28). The van der Waals surface area contributed by atoms with Gasteiger partial charge < -0.3 is 10.1 Å². The number of aromatic nitrogens is 2. The predicted molar refractivity (Wildman–Crippen MR) is 103 cm³/mol. The Kier molecular flexibility index (Phi) is 6.03. The van der Waals surface area contributed by atoms with Crippen LogP contribution in [0.5, 0.6) is 5.88 Å². The Balaban J connectivity index is 1.93.